The molecule has 2 atom stereocenters. The van der Waals surface area contributed by atoms with Crippen LogP contribution in [0.3, 0.4) is 0 Å². The lowest BCUT2D eigenvalue weighted by molar-refractivity contribution is 0.302. The third kappa shape index (κ3) is 4.47. The largest absolute Gasteiger partial charge is 0.497 e. The summed E-state index contributed by atoms with van der Waals surface area (Å²) in [5.41, 5.74) is 5.47. The molecule has 1 aliphatic heterocycles. The molecule has 35 heavy (non-hydrogen) atoms. The summed E-state index contributed by atoms with van der Waals surface area (Å²) in [5, 5.41) is 4.26. The third-order valence-corrected chi connectivity index (χ3v) is 6.80. The van der Waals surface area contributed by atoms with Gasteiger partial charge in [-0.3, -0.25) is 4.98 Å². The van der Waals surface area contributed by atoms with E-state index in [0.717, 1.165) is 39.8 Å². The molecule has 1 aliphatic rings. The number of aromatic nitrogens is 2. The number of hydrogen-bond donors (Lipinski definition) is 1. The van der Waals surface area contributed by atoms with E-state index in [4.69, 9.17) is 21.7 Å². The van der Waals surface area contributed by atoms with Crippen LogP contribution in [0, 0.1) is 6.92 Å². The van der Waals surface area contributed by atoms with Crippen LogP contribution in [-0.2, 0) is 6.54 Å². The van der Waals surface area contributed by atoms with Crippen LogP contribution in [0.25, 0.3) is 5.69 Å². The van der Waals surface area contributed by atoms with Gasteiger partial charge in [-0.2, -0.15) is 0 Å². The Labute approximate surface area is 211 Å². The molecule has 2 aromatic heterocycles. The summed E-state index contributed by atoms with van der Waals surface area (Å²) in [6.45, 7) is 2.79. The lowest BCUT2D eigenvalue weighted by atomic mass is 10.0. The third-order valence-electron chi connectivity index (χ3n) is 6.45. The van der Waals surface area contributed by atoms with Gasteiger partial charge in [0.25, 0.3) is 0 Å². The summed E-state index contributed by atoms with van der Waals surface area (Å²) in [5.74, 6) is 1.67. The van der Waals surface area contributed by atoms with Crippen molar-refractivity contribution in [2.45, 2.75) is 25.6 Å². The zero-order chi connectivity index (χ0) is 24.4. The number of methoxy groups -OCH3 is 2. The van der Waals surface area contributed by atoms with E-state index in [9.17, 15) is 0 Å². The van der Waals surface area contributed by atoms with Gasteiger partial charge in [-0.25, -0.2) is 0 Å². The van der Waals surface area contributed by atoms with Gasteiger partial charge in [0.05, 0.1) is 32.0 Å². The summed E-state index contributed by atoms with van der Waals surface area (Å²) in [6.07, 6.45) is 1.83. The Morgan fingerprint density at radius 1 is 0.886 bits per heavy atom. The van der Waals surface area contributed by atoms with Crippen LogP contribution in [0.15, 0.2) is 85.1 Å². The first kappa shape index (κ1) is 22.9. The topological polar surface area (TPSA) is 51.5 Å². The number of nitrogens with one attached hydrogen (secondary N) is 1. The van der Waals surface area contributed by atoms with Gasteiger partial charge >= 0.3 is 0 Å². The van der Waals surface area contributed by atoms with Gasteiger partial charge in [-0.1, -0.05) is 18.2 Å². The van der Waals surface area contributed by atoms with E-state index in [0.29, 0.717) is 11.7 Å². The maximum atomic E-state index is 5.88. The predicted octanol–water partition coefficient (Wildman–Crippen LogP) is 5.37. The summed E-state index contributed by atoms with van der Waals surface area (Å²) >= 11 is 5.88. The van der Waals surface area contributed by atoms with Gasteiger partial charge in [0.15, 0.2) is 5.11 Å². The molecule has 0 spiro atoms. The smallest absolute Gasteiger partial charge is 0.170 e. The Bertz CT molecular complexity index is 1300. The number of benzene rings is 2. The fourth-order valence-corrected chi connectivity index (χ4v) is 5.00. The fraction of sp³-hybridized carbons (Fsp3) is 0.214. The molecular formula is C28H28N4O2S. The van der Waals surface area contributed by atoms with E-state index >= 15 is 0 Å². The molecule has 3 heterocycles. The molecule has 1 saturated heterocycles. The standard InChI is InChI=1S/C28H28N4O2S/c1-19-7-16-25(32(19)21-10-14-23(34-3)15-11-21)27-26(24-6-4-5-17-29-24)30-28(35)31(27)18-20-8-12-22(33-2)13-9-20/h4-17,26-27H,18H2,1-3H3,(H,30,35). The second-order valence-electron chi connectivity index (χ2n) is 8.54. The van der Waals surface area contributed by atoms with Gasteiger partial charge in [-0.05, 0) is 85.4 Å². The number of hydrogen-bond acceptors (Lipinski definition) is 4. The average molecular weight is 485 g/mol. The highest BCUT2D eigenvalue weighted by atomic mass is 32.1. The van der Waals surface area contributed by atoms with Gasteiger partial charge in [-0.15, -0.1) is 0 Å². The Hall–Kier alpha value is -3.84. The van der Waals surface area contributed by atoms with Crippen molar-refractivity contribution in [2.75, 3.05) is 14.2 Å². The lowest BCUT2D eigenvalue weighted by Gasteiger charge is -2.29. The molecule has 6 nitrogen and oxygen atoms in total. The Kier molecular flexibility index (Phi) is 6.42. The highest BCUT2D eigenvalue weighted by Gasteiger charge is 2.41. The SMILES string of the molecule is COc1ccc(CN2C(=S)NC(c3ccccn3)C2c2ccc(C)n2-c2ccc(OC)cc2)cc1. The van der Waals surface area contributed by atoms with Gasteiger partial charge in [0, 0.05) is 29.8 Å². The lowest BCUT2D eigenvalue weighted by Crippen LogP contribution is -2.30. The van der Waals surface area contributed by atoms with Crippen LogP contribution in [0.4, 0.5) is 0 Å². The van der Waals surface area contributed by atoms with E-state index in [1.54, 1.807) is 14.2 Å². The molecule has 7 heteroatoms. The highest BCUT2D eigenvalue weighted by molar-refractivity contribution is 7.80. The van der Waals surface area contributed by atoms with Crippen molar-refractivity contribution in [1.82, 2.24) is 19.8 Å². The molecule has 178 valence electrons. The van der Waals surface area contributed by atoms with E-state index < -0.39 is 0 Å². The molecule has 2 aromatic carbocycles. The maximum absolute atomic E-state index is 5.88. The molecule has 0 saturated carbocycles. The number of pyridine rings is 1. The molecule has 0 aliphatic carbocycles. The van der Waals surface area contributed by atoms with Crippen LogP contribution in [-0.4, -0.2) is 33.8 Å². The molecule has 0 bridgehead atoms. The summed E-state index contributed by atoms with van der Waals surface area (Å²) < 4.78 is 13.0. The summed E-state index contributed by atoms with van der Waals surface area (Å²) in [4.78, 5) is 6.93. The number of nitrogens with zero attached hydrogens (tertiary/aromatic N) is 3. The van der Waals surface area contributed by atoms with Crippen molar-refractivity contribution < 1.29 is 9.47 Å². The zero-order valence-corrected chi connectivity index (χ0v) is 20.8. The van der Waals surface area contributed by atoms with Crippen molar-refractivity contribution in [1.29, 1.82) is 0 Å². The van der Waals surface area contributed by atoms with Crippen molar-refractivity contribution in [3.8, 4) is 17.2 Å². The maximum Gasteiger partial charge on any atom is 0.170 e. The minimum absolute atomic E-state index is 0.0599. The molecule has 1 N–H and O–H groups in total. The molecule has 0 amide bonds. The average Bonchev–Trinajstić information content (AvgIpc) is 3.44. The first-order chi connectivity index (χ1) is 17.1. The van der Waals surface area contributed by atoms with E-state index in [1.165, 1.54) is 0 Å². The minimum Gasteiger partial charge on any atom is -0.497 e. The molecular weight excluding hydrogens is 456 g/mol. The zero-order valence-electron chi connectivity index (χ0n) is 20.0. The molecule has 1 fully saturated rings. The number of ether oxygens (including phenoxy) is 2. The summed E-state index contributed by atoms with van der Waals surface area (Å²) in [7, 11) is 3.36. The van der Waals surface area contributed by atoms with Crippen LogP contribution in [0.1, 0.15) is 34.7 Å². The second kappa shape index (κ2) is 9.80. The Morgan fingerprint density at radius 3 is 2.20 bits per heavy atom. The number of thiocarbonyl (C=S) groups is 1. The first-order valence-corrected chi connectivity index (χ1v) is 11.9. The Morgan fingerprint density at radius 2 is 1.57 bits per heavy atom. The summed E-state index contributed by atoms with van der Waals surface area (Å²) in [6, 6.07) is 26.5. The van der Waals surface area contributed by atoms with E-state index in [2.05, 4.69) is 69.2 Å². The highest BCUT2D eigenvalue weighted by Crippen LogP contribution is 2.41. The fourth-order valence-electron chi connectivity index (χ4n) is 4.70. The van der Waals surface area contributed by atoms with Crippen LogP contribution in [0.2, 0.25) is 0 Å². The van der Waals surface area contributed by atoms with Crippen molar-refractivity contribution in [2.24, 2.45) is 0 Å². The van der Waals surface area contributed by atoms with Crippen molar-refractivity contribution >= 4 is 17.3 Å². The monoisotopic (exact) mass is 484 g/mol. The van der Waals surface area contributed by atoms with E-state index in [1.807, 2.05) is 42.6 Å². The number of aryl methyl sites for hydroxylation is 1. The molecule has 2 unspecified atom stereocenters. The Balaban J connectivity index is 1.59. The molecule has 4 aromatic rings. The van der Waals surface area contributed by atoms with Crippen molar-refractivity contribution in [3.63, 3.8) is 0 Å². The molecule has 5 rings (SSSR count). The van der Waals surface area contributed by atoms with Gasteiger partial charge < -0.3 is 24.3 Å². The minimum atomic E-state index is -0.0896. The van der Waals surface area contributed by atoms with Crippen LogP contribution in [0.5, 0.6) is 11.5 Å². The number of rotatable bonds is 7. The van der Waals surface area contributed by atoms with Crippen LogP contribution >= 0.6 is 12.2 Å². The van der Waals surface area contributed by atoms with Crippen molar-refractivity contribution in [3.05, 3.63) is 108 Å². The second-order valence-corrected chi connectivity index (χ2v) is 8.92. The predicted molar refractivity (Wildman–Crippen MR) is 141 cm³/mol. The van der Waals surface area contributed by atoms with Gasteiger partial charge in [0.2, 0.25) is 0 Å². The quantitative estimate of drug-likeness (QED) is 0.356. The first-order valence-electron chi connectivity index (χ1n) is 11.5. The van der Waals surface area contributed by atoms with Crippen LogP contribution < -0.4 is 14.8 Å². The normalized spacial score (nSPS) is 17.3. The van der Waals surface area contributed by atoms with Gasteiger partial charge in [0.1, 0.15) is 11.5 Å². The van der Waals surface area contributed by atoms with E-state index in [-0.39, 0.29) is 12.1 Å². The molecule has 0 radical (unpaired) electrons.